The highest BCUT2D eigenvalue weighted by molar-refractivity contribution is 6.12. The molecule has 0 aromatic heterocycles. The molecule has 0 aromatic carbocycles. The van der Waals surface area contributed by atoms with Gasteiger partial charge in [-0.1, -0.05) is 5.82 Å². The van der Waals surface area contributed by atoms with Crippen molar-refractivity contribution in [2.45, 2.75) is 37.5 Å². The molecule has 10 heavy (non-hydrogen) atoms. The zero-order valence-electron chi connectivity index (χ0n) is 7.06. The number of nitrogens with zero attached hydrogens (tertiary/aromatic N) is 1. The smallest absolute Gasteiger partial charge is 0.107 e. The van der Waals surface area contributed by atoms with Crippen molar-refractivity contribution in [3.8, 4) is 0 Å². The van der Waals surface area contributed by atoms with Crippen LogP contribution in [-0.4, -0.2) is 31.4 Å². The molecule has 1 nitrogen and oxygen atoms in total. The van der Waals surface area contributed by atoms with Gasteiger partial charge in [-0.05, 0) is 39.3 Å². The zero-order valence-corrected chi connectivity index (χ0v) is 7.06. The molecule has 2 atom stereocenters. The minimum Gasteiger partial charge on any atom is -0.298 e. The second-order valence-electron chi connectivity index (χ2n) is 4.36. The summed E-state index contributed by atoms with van der Waals surface area (Å²) in [6, 6.07) is 0. The van der Waals surface area contributed by atoms with Gasteiger partial charge in [0.1, 0.15) is 7.85 Å². The Morgan fingerprint density at radius 2 is 2.40 bits per heavy atom. The molecule has 0 aliphatic carbocycles. The molecule has 0 aromatic rings. The van der Waals surface area contributed by atoms with Crippen LogP contribution in [0.4, 0.5) is 0 Å². The van der Waals surface area contributed by atoms with Gasteiger partial charge in [0.2, 0.25) is 0 Å². The molecular formula is C8H16BN. The Bertz CT molecular complexity index is 148. The van der Waals surface area contributed by atoms with Crippen molar-refractivity contribution in [2.75, 3.05) is 13.1 Å². The summed E-state index contributed by atoms with van der Waals surface area (Å²) in [7, 11) is 2.38. The molecule has 0 spiro atoms. The lowest BCUT2D eigenvalue weighted by molar-refractivity contribution is 0.218. The van der Waals surface area contributed by atoms with Gasteiger partial charge in [0.15, 0.2) is 0 Å². The van der Waals surface area contributed by atoms with E-state index in [0.717, 1.165) is 5.82 Å². The highest BCUT2D eigenvalue weighted by Crippen LogP contribution is 2.41. The van der Waals surface area contributed by atoms with E-state index in [1.54, 1.807) is 0 Å². The Labute approximate surface area is 64.2 Å². The number of hydrogen-bond acceptors (Lipinski definition) is 1. The summed E-state index contributed by atoms with van der Waals surface area (Å²) in [4.78, 5) is 2.68. The fraction of sp³-hybridized carbons (Fsp3) is 1.00. The van der Waals surface area contributed by atoms with Crippen molar-refractivity contribution in [1.82, 2.24) is 4.90 Å². The molecule has 0 unspecified atom stereocenters. The lowest BCUT2D eigenvalue weighted by Crippen LogP contribution is -2.34. The quantitative estimate of drug-likeness (QED) is 0.443. The van der Waals surface area contributed by atoms with Crippen LogP contribution in [0.2, 0.25) is 5.82 Å². The van der Waals surface area contributed by atoms with Crippen molar-refractivity contribution in [1.29, 1.82) is 0 Å². The van der Waals surface area contributed by atoms with Crippen LogP contribution < -0.4 is 0 Å². The highest BCUT2D eigenvalue weighted by Gasteiger charge is 2.42. The summed E-state index contributed by atoms with van der Waals surface area (Å²) in [6.45, 7) is 5.15. The molecule has 2 heterocycles. The first-order valence-electron chi connectivity index (χ1n) is 4.46. The minimum atomic E-state index is 0.611. The van der Waals surface area contributed by atoms with Crippen LogP contribution in [0.5, 0.6) is 0 Å². The van der Waals surface area contributed by atoms with E-state index in [9.17, 15) is 0 Å². The molecular weight excluding hydrogens is 121 g/mol. The van der Waals surface area contributed by atoms with Crippen LogP contribution in [0.15, 0.2) is 0 Å². The highest BCUT2D eigenvalue weighted by atomic mass is 15.2. The van der Waals surface area contributed by atoms with Gasteiger partial charge in [-0.25, -0.2) is 0 Å². The third-order valence-corrected chi connectivity index (χ3v) is 3.23. The SMILES string of the molecule is B[C@H]1CN2CCC[C@@]2(C)C1. The van der Waals surface area contributed by atoms with Crippen LogP contribution in [0.25, 0.3) is 0 Å². The number of rotatable bonds is 0. The van der Waals surface area contributed by atoms with Crippen LogP contribution in [0.3, 0.4) is 0 Å². The Balaban J connectivity index is 2.15. The first-order chi connectivity index (χ1) is 4.71. The summed E-state index contributed by atoms with van der Waals surface area (Å²) in [5.41, 5.74) is 0.611. The van der Waals surface area contributed by atoms with Crippen LogP contribution in [-0.2, 0) is 0 Å². The van der Waals surface area contributed by atoms with E-state index >= 15 is 0 Å². The largest absolute Gasteiger partial charge is 0.298 e. The summed E-state index contributed by atoms with van der Waals surface area (Å²) < 4.78 is 0. The van der Waals surface area contributed by atoms with Crippen LogP contribution in [0, 0.1) is 0 Å². The van der Waals surface area contributed by atoms with E-state index in [2.05, 4.69) is 19.7 Å². The molecule has 56 valence electrons. The monoisotopic (exact) mass is 137 g/mol. The maximum atomic E-state index is 2.68. The maximum absolute atomic E-state index is 2.68. The molecule has 0 radical (unpaired) electrons. The van der Waals surface area contributed by atoms with Gasteiger partial charge in [0, 0.05) is 5.54 Å². The summed E-state index contributed by atoms with van der Waals surface area (Å²) in [6.07, 6.45) is 4.31. The van der Waals surface area contributed by atoms with E-state index in [1.165, 1.54) is 32.4 Å². The Hall–Kier alpha value is 0.0249. The van der Waals surface area contributed by atoms with E-state index in [0.29, 0.717) is 5.54 Å². The zero-order chi connectivity index (χ0) is 7.19. The number of hydrogen-bond donors (Lipinski definition) is 0. The third-order valence-electron chi connectivity index (χ3n) is 3.23. The second kappa shape index (κ2) is 2.01. The predicted octanol–water partition coefficient (Wildman–Crippen LogP) is 0.666. The van der Waals surface area contributed by atoms with Crippen molar-refractivity contribution < 1.29 is 0 Å². The molecule has 2 aliphatic heterocycles. The van der Waals surface area contributed by atoms with Gasteiger partial charge < -0.3 is 0 Å². The van der Waals surface area contributed by atoms with Crippen LogP contribution >= 0.6 is 0 Å². The molecule has 0 N–H and O–H groups in total. The van der Waals surface area contributed by atoms with Gasteiger partial charge in [-0.3, -0.25) is 4.90 Å². The summed E-state index contributed by atoms with van der Waals surface area (Å²) >= 11 is 0. The van der Waals surface area contributed by atoms with Gasteiger partial charge >= 0.3 is 0 Å². The van der Waals surface area contributed by atoms with E-state index < -0.39 is 0 Å². The van der Waals surface area contributed by atoms with Crippen molar-refractivity contribution in [3.05, 3.63) is 0 Å². The standard InChI is InChI=1S/C8H16BN/c1-8-3-2-4-10(8)6-7(9)5-8/h7H,2-6,9H2,1H3/t7-,8+/m1/s1. The lowest BCUT2D eigenvalue weighted by Gasteiger charge is -2.26. The third kappa shape index (κ3) is 0.816. The fourth-order valence-electron chi connectivity index (χ4n) is 2.81. The molecule has 0 bridgehead atoms. The average Bonchev–Trinajstić information content (AvgIpc) is 2.20. The van der Waals surface area contributed by atoms with Gasteiger partial charge in [-0.2, -0.15) is 0 Å². The van der Waals surface area contributed by atoms with Gasteiger partial charge in [-0.15, -0.1) is 0 Å². The molecule has 2 heteroatoms. The van der Waals surface area contributed by atoms with Crippen molar-refractivity contribution >= 4 is 7.85 Å². The van der Waals surface area contributed by atoms with Crippen molar-refractivity contribution in [2.24, 2.45) is 0 Å². The molecule has 2 aliphatic rings. The summed E-state index contributed by atoms with van der Waals surface area (Å²) in [5, 5.41) is 0. The van der Waals surface area contributed by atoms with Gasteiger partial charge in [0.05, 0.1) is 0 Å². The number of fused-ring (bicyclic) bond motifs is 1. The second-order valence-corrected chi connectivity index (χ2v) is 4.36. The Morgan fingerprint density at radius 1 is 1.60 bits per heavy atom. The molecule has 2 fully saturated rings. The lowest BCUT2D eigenvalue weighted by atomic mass is 9.81. The molecule has 0 amide bonds. The van der Waals surface area contributed by atoms with E-state index in [1.807, 2.05) is 0 Å². The van der Waals surface area contributed by atoms with E-state index in [4.69, 9.17) is 0 Å². The average molecular weight is 137 g/mol. The summed E-state index contributed by atoms with van der Waals surface area (Å²) in [5.74, 6) is 0.949. The minimum absolute atomic E-state index is 0.611. The molecule has 0 saturated carbocycles. The normalized spacial score (nSPS) is 47.9. The first kappa shape index (κ1) is 6.72. The van der Waals surface area contributed by atoms with Crippen molar-refractivity contribution in [3.63, 3.8) is 0 Å². The Kier molecular flexibility index (Phi) is 1.35. The molecule has 2 rings (SSSR count). The molecule has 2 saturated heterocycles. The fourth-order valence-corrected chi connectivity index (χ4v) is 2.81. The Morgan fingerprint density at radius 3 is 3.10 bits per heavy atom. The van der Waals surface area contributed by atoms with Crippen LogP contribution in [0.1, 0.15) is 26.2 Å². The first-order valence-corrected chi connectivity index (χ1v) is 4.46. The predicted molar refractivity (Wildman–Crippen MR) is 46.1 cm³/mol. The van der Waals surface area contributed by atoms with E-state index in [-0.39, 0.29) is 0 Å². The van der Waals surface area contributed by atoms with Gasteiger partial charge in [0.25, 0.3) is 0 Å². The topological polar surface area (TPSA) is 3.24 Å². The maximum Gasteiger partial charge on any atom is 0.107 e.